The van der Waals surface area contributed by atoms with Crippen molar-refractivity contribution in [3.63, 3.8) is 0 Å². The van der Waals surface area contributed by atoms with Gasteiger partial charge in [0.05, 0.1) is 17.6 Å². The molecule has 20 heavy (non-hydrogen) atoms. The highest BCUT2D eigenvalue weighted by molar-refractivity contribution is 6.06. The van der Waals surface area contributed by atoms with E-state index in [9.17, 15) is 14.7 Å². The van der Waals surface area contributed by atoms with Gasteiger partial charge < -0.3 is 9.84 Å². The molecule has 0 aromatic rings. The number of hydrogen-bond donors (Lipinski definition) is 1. The molecule has 2 saturated heterocycles. The standard InChI is InChI=1S/C15H23NO4/c17-12-10-14(4-2-1-3-5-14)13(18)16(12)11-15(19)6-8-20-9-7-15/h19H,1-11H2. The Morgan fingerprint density at radius 1 is 1.05 bits per heavy atom. The fraction of sp³-hybridized carbons (Fsp3) is 0.867. The van der Waals surface area contributed by atoms with Crippen LogP contribution in [0, 0.1) is 5.41 Å². The largest absolute Gasteiger partial charge is 0.388 e. The van der Waals surface area contributed by atoms with Crippen LogP contribution < -0.4 is 0 Å². The third kappa shape index (κ3) is 2.37. The molecule has 112 valence electrons. The number of amides is 2. The van der Waals surface area contributed by atoms with Crippen LogP contribution in [0.25, 0.3) is 0 Å². The second-order valence-corrected chi connectivity index (χ2v) is 6.64. The summed E-state index contributed by atoms with van der Waals surface area (Å²) in [5.41, 5.74) is -1.40. The van der Waals surface area contributed by atoms with E-state index in [0.29, 0.717) is 32.5 Å². The fourth-order valence-corrected chi connectivity index (χ4v) is 3.84. The smallest absolute Gasteiger partial charge is 0.236 e. The van der Waals surface area contributed by atoms with Crippen LogP contribution in [0.3, 0.4) is 0 Å². The zero-order valence-corrected chi connectivity index (χ0v) is 11.9. The summed E-state index contributed by atoms with van der Waals surface area (Å²) in [6, 6.07) is 0. The number of rotatable bonds is 2. The Hall–Kier alpha value is -0.940. The molecule has 1 saturated carbocycles. The van der Waals surface area contributed by atoms with Crippen LogP contribution in [0.4, 0.5) is 0 Å². The molecule has 1 spiro atoms. The summed E-state index contributed by atoms with van der Waals surface area (Å²) >= 11 is 0. The van der Waals surface area contributed by atoms with Crippen molar-refractivity contribution in [3.05, 3.63) is 0 Å². The fourth-order valence-electron chi connectivity index (χ4n) is 3.84. The molecular formula is C15H23NO4. The highest BCUT2D eigenvalue weighted by atomic mass is 16.5. The maximum Gasteiger partial charge on any atom is 0.236 e. The van der Waals surface area contributed by atoms with Gasteiger partial charge in [-0.3, -0.25) is 14.5 Å². The average Bonchev–Trinajstić information content (AvgIpc) is 2.65. The third-order valence-electron chi connectivity index (χ3n) is 5.18. The van der Waals surface area contributed by atoms with E-state index < -0.39 is 11.0 Å². The highest BCUT2D eigenvalue weighted by Crippen LogP contribution is 2.45. The monoisotopic (exact) mass is 281 g/mol. The quantitative estimate of drug-likeness (QED) is 0.773. The molecule has 3 aliphatic rings. The number of nitrogens with zero attached hydrogens (tertiary/aromatic N) is 1. The van der Waals surface area contributed by atoms with Crippen LogP contribution >= 0.6 is 0 Å². The Labute approximate surface area is 119 Å². The predicted molar refractivity (Wildman–Crippen MR) is 71.9 cm³/mol. The molecule has 3 rings (SSSR count). The molecule has 5 nitrogen and oxygen atoms in total. The Morgan fingerprint density at radius 2 is 1.70 bits per heavy atom. The van der Waals surface area contributed by atoms with Gasteiger partial charge in [-0.15, -0.1) is 0 Å². The van der Waals surface area contributed by atoms with Gasteiger partial charge in [0.1, 0.15) is 0 Å². The molecule has 0 aromatic carbocycles. The lowest BCUT2D eigenvalue weighted by atomic mass is 9.73. The van der Waals surface area contributed by atoms with E-state index in [-0.39, 0.29) is 18.4 Å². The first-order valence-corrected chi connectivity index (χ1v) is 7.70. The van der Waals surface area contributed by atoms with Crippen molar-refractivity contribution in [3.8, 4) is 0 Å². The summed E-state index contributed by atoms with van der Waals surface area (Å²) in [6.45, 7) is 1.14. The van der Waals surface area contributed by atoms with Crippen LogP contribution in [0.5, 0.6) is 0 Å². The van der Waals surface area contributed by atoms with E-state index in [1.54, 1.807) is 0 Å². The zero-order valence-electron chi connectivity index (χ0n) is 11.9. The first-order chi connectivity index (χ1) is 9.55. The van der Waals surface area contributed by atoms with E-state index in [1.807, 2.05) is 0 Å². The van der Waals surface area contributed by atoms with E-state index in [1.165, 1.54) is 4.90 Å². The molecule has 0 radical (unpaired) electrons. The van der Waals surface area contributed by atoms with Crippen molar-refractivity contribution in [1.29, 1.82) is 0 Å². The number of β-amino-alcohol motifs (C(OH)–C–C–N with tert-alkyl or cyclic N) is 1. The zero-order chi connectivity index (χ0) is 14.2. The number of aliphatic hydroxyl groups is 1. The van der Waals surface area contributed by atoms with Crippen LogP contribution in [-0.2, 0) is 14.3 Å². The molecule has 1 N–H and O–H groups in total. The Morgan fingerprint density at radius 3 is 2.35 bits per heavy atom. The molecule has 0 aromatic heterocycles. The summed E-state index contributed by atoms with van der Waals surface area (Å²) in [5.74, 6) is -0.140. The van der Waals surface area contributed by atoms with Crippen molar-refractivity contribution in [2.24, 2.45) is 5.41 Å². The molecule has 2 amide bonds. The molecule has 1 aliphatic carbocycles. The number of hydrogen-bond acceptors (Lipinski definition) is 4. The summed E-state index contributed by atoms with van der Waals surface area (Å²) in [5, 5.41) is 10.5. The van der Waals surface area contributed by atoms with Crippen molar-refractivity contribution >= 4 is 11.8 Å². The van der Waals surface area contributed by atoms with E-state index in [2.05, 4.69) is 0 Å². The molecule has 2 heterocycles. The van der Waals surface area contributed by atoms with Crippen LogP contribution in [0.1, 0.15) is 51.4 Å². The Kier molecular flexibility index (Phi) is 3.58. The number of carbonyl (C=O) groups is 2. The van der Waals surface area contributed by atoms with Gasteiger partial charge in [-0.05, 0) is 12.8 Å². The van der Waals surface area contributed by atoms with Crippen LogP contribution in [-0.4, -0.2) is 47.2 Å². The van der Waals surface area contributed by atoms with E-state index in [4.69, 9.17) is 4.74 Å². The summed E-state index contributed by atoms with van der Waals surface area (Å²) in [6.07, 6.45) is 6.22. The average molecular weight is 281 g/mol. The first-order valence-electron chi connectivity index (χ1n) is 7.70. The minimum atomic E-state index is -0.955. The maximum absolute atomic E-state index is 12.7. The highest BCUT2D eigenvalue weighted by Gasteiger charge is 2.53. The minimum absolute atomic E-state index is 0.0397. The molecule has 3 fully saturated rings. The van der Waals surface area contributed by atoms with Gasteiger partial charge in [0.2, 0.25) is 11.8 Å². The predicted octanol–water partition coefficient (Wildman–Crippen LogP) is 1.24. The van der Waals surface area contributed by atoms with Gasteiger partial charge >= 0.3 is 0 Å². The summed E-state index contributed by atoms with van der Waals surface area (Å²) < 4.78 is 5.24. The van der Waals surface area contributed by atoms with Gasteiger partial charge in [0.25, 0.3) is 0 Å². The lowest BCUT2D eigenvalue weighted by molar-refractivity contribution is -0.149. The van der Waals surface area contributed by atoms with Crippen LogP contribution in [0.15, 0.2) is 0 Å². The van der Waals surface area contributed by atoms with Gasteiger partial charge in [-0.1, -0.05) is 19.3 Å². The van der Waals surface area contributed by atoms with Gasteiger partial charge in [0, 0.05) is 32.5 Å². The minimum Gasteiger partial charge on any atom is -0.388 e. The van der Waals surface area contributed by atoms with Crippen LogP contribution in [0.2, 0.25) is 0 Å². The molecule has 0 unspecified atom stereocenters. The van der Waals surface area contributed by atoms with Crippen molar-refractivity contribution in [2.45, 2.75) is 57.0 Å². The molecule has 0 bridgehead atoms. The van der Waals surface area contributed by atoms with Gasteiger partial charge in [-0.2, -0.15) is 0 Å². The van der Waals surface area contributed by atoms with E-state index >= 15 is 0 Å². The lowest BCUT2D eigenvalue weighted by Crippen LogP contribution is -2.49. The SMILES string of the molecule is O=C1CC2(CCCCC2)C(=O)N1CC1(O)CCOCC1. The topological polar surface area (TPSA) is 66.8 Å². The second kappa shape index (κ2) is 5.11. The molecule has 5 heteroatoms. The number of ether oxygens (including phenoxy) is 1. The van der Waals surface area contributed by atoms with Crippen molar-refractivity contribution in [1.82, 2.24) is 4.90 Å². The van der Waals surface area contributed by atoms with E-state index in [0.717, 1.165) is 32.1 Å². The number of imide groups is 1. The van der Waals surface area contributed by atoms with Gasteiger partial charge in [0.15, 0.2) is 0 Å². The number of carbonyl (C=O) groups excluding carboxylic acids is 2. The molecule has 2 aliphatic heterocycles. The Balaban J connectivity index is 1.73. The van der Waals surface area contributed by atoms with Crippen molar-refractivity contribution in [2.75, 3.05) is 19.8 Å². The molecular weight excluding hydrogens is 258 g/mol. The first kappa shape index (κ1) is 14.0. The Bertz CT molecular complexity index is 408. The summed E-state index contributed by atoms with van der Waals surface area (Å²) in [4.78, 5) is 26.2. The van der Waals surface area contributed by atoms with Gasteiger partial charge in [-0.25, -0.2) is 0 Å². The normalized spacial score (nSPS) is 29.1. The molecule has 0 atom stereocenters. The lowest BCUT2D eigenvalue weighted by Gasteiger charge is -2.36. The van der Waals surface area contributed by atoms with Crippen molar-refractivity contribution < 1.29 is 19.4 Å². The summed E-state index contributed by atoms with van der Waals surface area (Å²) in [7, 11) is 0. The maximum atomic E-state index is 12.7. The second-order valence-electron chi connectivity index (χ2n) is 6.64. The number of likely N-dealkylation sites (tertiary alicyclic amines) is 1. The third-order valence-corrected chi connectivity index (χ3v) is 5.18.